The number of likely N-dealkylation sites (tertiary alicyclic amines) is 1. The lowest BCUT2D eigenvalue weighted by Crippen LogP contribution is -2.42. The summed E-state index contributed by atoms with van der Waals surface area (Å²) >= 11 is 12.1. The summed E-state index contributed by atoms with van der Waals surface area (Å²) in [6.45, 7) is 2.95. The molecule has 4 rings (SSSR count). The Morgan fingerprint density at radius 1 is 1.17 bits per heavy atom. The van der Waals surface area contributed by atoms with Crippen molar-refractivity contribution in [2.45, 2.75) is 31.5 Å². The van der Waals surface area contributed by atoms with Gasteiger partial charge in [-0.2, -0.15) is 0 Å². The summed E-state index contributed by atoms with van der Waals surface area (Å²) in [5.41, 5.74) is 1.14. The molecule has 0 amide bonds. The van der Waals surface area contributed by atoms with Gasteiger partial charge in [-0.05, 0) is 43.0 Å². The van der Waals surface area contributed by atoms with Gasteiger partial charge in [0, 0.05) is 48.6 Å². The minimum atomic E-state index is 0.483. The maximum atomic E-state index is 6.06. The maximum Gasteiger partial charge on any atom is 0.193 e. The molecule has 4 atom stereocenters. The number of nitrogens with one attached hydrogen (secondary N) is 1. The van der Waals surface area contributed by atoms with Gasteiger partial charge in [0.05, 0.1) is 12.2 Å². The molecule has 3 aliphatic heterocycles. The number of rotatable bonds is 3. The first kappa shape index (κ1) is 16.5. The van der Waals surface area contributed by atoms with Gasteiger partial charge in [0.25, 0.3) is 0 Å². The van der Waals surface area contributed by atoms with Crippen LogP contribution in [-0.4, -0.2) is 49.7 Å². The number of benzene rings is 1. The van der Waals surface area contributed by atoms with E-state index in [4.69, 9.17) is 27.9 Å². The van der Waals surface area contributed by atoms with E-state index >= 15 is 0 Å². The minimum absolute atomic E-state index is 0.483. The van der Waals surface area contributed by atoms with E-state index in [1.807, 2.05) is 19.2 Å². The second-order valence-corrected chi connectivity index (χ2v) is 7.90. The third-order valence-electron chi connectivity index (χ3n) is 5.58. The second-order valence-electron chi connectivity index (χ2n) is 7.02. The Labute approximate surface area is 153 Å². The van der Waals surface area contributed by atoms with Gasteiger partial charge in [0.2, 0.25) is 0 Å². The summed E-state index contributed by atoms with van der Waals surface area (Å²) in [6.07, 6.45) is 4.31. The summed E-state index contributed by atoms with van der Waals surface area (Å²) in [4.78, 5) is 6.87. The molecule has 0 aromatic heterocycles. The first-order valence-electron chi connectivity index (χ1n) is 8.70. The topological polar surface area (TPSA) is 36.9 Å². The first-order valence-corrected chi connectivity index (χ1v) is 9.45. The Hall–Kier alpha value is -0.970. The predicted octanol–water partition coefficient (Wildman–Crippen LogP) is 3.22. The smallest absolute Gasteiger partial charge is 0.193 e. The third-order valence-corrected chi connectivity index (χ3v) is 6.02. The zero-order valence-corrected chi connectivity index (χ0v) is 15.4. The van der Waals surface area contributed by atoms with E-state index in [0.717, 1.165) is 37.6 Å². The molecule has 3 aliphatic rings. The molecule has 3 saturated heterocycles. The normalized spacial score (nSPS) is 31.6. The zero-order valence-electron chi connectivity index (χ0n) is 13.8. The molecule has 3 heterocycles. The van der Waals surface area contributed by atoms with E-state index < -0.39 is 0 Å². The number of ether oxygens (including phenoxy) is 1. The molecule has 6 heteroatoms. The molecule has 3 fully saturated rings. The SMILES string of the molecule is CN=C(NCCc1cc(Cl)cc(Cl)c1)N1CC2C3CCC(O3)C2C1. The minimum Gasteiger partial charge on any atom is -0.374 e. The van der Waals surface area contributed by atoms with Crippen LogP contribution in [-0.2, 0) is 11.2 Å². The Morgan fingerprint density at radius 2 is 1.79 bits per heavy atom. The molecule has 2 bridgehead atoms. The van der Waals surface area contributed by atoms with Gasteiger partial charge in [-0.3, -0.25) is 4.99 Å². The lowest BCUT2D eigenvalue weighted by atomic mass is 9.82. The standard InChI is InChI=1S/C18H23Cl2N3O/c1-21-18(22-5-4-11-6-12(19)8-13(20)7-11)23-9-14-15(10-23)17-3-2-16(14)24-17/h6-8,14-17H,2-5,9-10H2,1H3,(H,21,22). The van der Waals surface area contributed by atoms with Crippen LogP contribution in [0.2, 0.25) is 10.0 Å². The lowest BCUT2D eigenvalue weighted by molar-refractivity contribution is 0.0767. The third kappa shape index (κ3) is 3.12. The molecular weight excluding hydrogens is 345 g/mol. The van der Waals surface area contributed by atoms with Crippen LogP contribution in [0.3, 0.4) is 0 Å². The van der Waals surface area contributed by atoms with E-state index in [2.05, 4.69) is 15.2 Å². The van der Waals surface area contributed by atoms with E-state index in [0.29, 0.717) is 34.1 Å². The van der Waals surface area contributed by atoms with Crippen molar-refractivity contribution >= 4 is 29.2 Å². The first-order chi connectivity index (χ1) is 11.6. The quantitative estimate of drug-likeness (QED) is 0.658. The van der Waals surface area contributed by atoms with Gasteiger partial charge >= 0.3 is 0 Å². The van der Waals surface area contributed by atoms with Crippen molar-refractivity contribution in [3.63, 3.8) is 0 Å². The highest BCUT2D eigenvalue weighted by Crippen LogP contribution is 2.47. The molecule has 4 nitrogen and oxygen atoms in total. The van der Waals surface area contributed by atoms with Crippen LogP contribution in [0.5, 0.6) is 0 Å². The Balaban J connectivity index is 1.32. The fraction of sp³-hybridized carbons (Fsp3) is 0.611. The molecule has 1 aromatic carbocycles. The highest BCUT2D eigenvalue weighted by Gasteiger charge is 2.53. The summed E-state index contributed by atoms with van der Waals surface area (Å²) in [7, 11) is 1.86. The van der Waals surface area contributed by atoms with Crippen molar-refractivity contribution in [2.75, 3.05) is 26.7 Å². The molecule has 1 N–H and O–H groups in total. The molecule has 24 heavy (non-hydrogen) atoms. The fourth-order valence-electron chi connectivity index (χ4n) is 4.54. The molecule has 4 unspecified atom stereocenters. The van der Waals surface area contributed by atoms with Crippen molar-refractivity contribution < 1.29 is 4.74 Å². The average molecular weight is 368 g/mol. The maximum absolute atomic E-state index is 6.06. The van der Waals surface area contributed by atoms with Crippen LogP contribution in [0.15, 0.2) is 23.2 Å². The molecule has 0 radical (unpaired) electrons. The van der Waals surface area contributed by atoms with Gasteiger partial charge in [-0.25, -0.2) is 0 Å². The Morgan fingerprint density at radius 3 is 2.38 bits per heavy atom. The van der Waals surface area contributed by atoms with Crippen molar-refractivity contribution in [2.24, 2.45) is 16.8 Å². The Bertz CT molecular complexity index is 613. The number of halogens is 2. The number of hydrogen-bond acceptors (Lipinski definition) is 2. The fourth-order valence-corrected chi connectivity index (χ4v) is 5.11. The van der Waals surface area contributed by atoms with Gasteiger partial charge in [0.15, 0.2) is 5.96 Å². The van der Waals surface area contributed by atoms with E-state index in [1.165, 1.54) is 12.8 Å². The molecule has 0 spiro atoms. The van der Waals surface area contributed by atoms with Crippen molar-refractivity contribution in [3.05, 3.63) is 33.8 Å². The molecule has 1 aromatic rings. The summed E-state index contributed by atoms with van der Waals surface area (Å²) < 4.78 is 6.05. The van der Waals surface area contributed by atoms with Crippen LogP contribution in [0.4, 0.5) is 0 Å². The number of hydrogen-bond donors (Lipinski definition) is 1. The predicted molar refractivity (Wildman–Crippen MR) is 98.0 cm³/mol. The van der Waals surface area contributed by atoms with Crippen LogP contribution in [0.1, 0.15) is 18.4 Å². The zero-order chi connectivity index (χ0) is 16.7. The monoisotopic (exact) mass is 367 g/mol. The van der Waals surface area contributed by atoms with Crippen LogP contribution in [0.25, 0.3) is 0 Å². The lowest BCUT2D eigenvalue weighted by Gasteiger charge is -2.23. The van der Waals surface area contributed by atoms with Crippen LogP contribution >= 0.6 is 23.2 Å². The Kier molecular flexibility index (Phi) is 4.63. The van der Waals surface area contributed by atoms with E-state index in [1.54, 1.807) is 6.07 Å². The van der Waals surface area contributed by atoms with E-state index in [9.17, 15) is 0 Å². The summed E-state index contributed by atoms with van der Waals surface area (Å²) in [5, 5.41) is 4.86. The largest absolute Gasteiger partial charge is 0.374 e. The van der Waals surface area contributed by atoms with Crippen molar-refractivity contribution in [1.82, 2.24) is 10.2 Å². The van der Waals surface area contributed by atoms with Crippen LogP contribution < -0.4 is 5.32 Å². The van der Waals surface area contributed by atoms with Crippen molar-refractivity contribution in [3.8, 4) is 0 Å². The molecular formula is C18H23Cl2N3O. The highest BCUT2D eigenvalue weighted by molar-refractivity contribution is 6.34. The second kappa shape index (κ2) is 6.74. The number of guanidine groups is 1. The van der Waals surface area contributed by atoms with Gasteiger partial charge in [0.1, 0.15) is 0 Å². The molecule has 0 saturated carbocycles. The number of fused-ring (bicyclic) bond motifs is 5. The van der Waals surface area contributed by atoms with Crippen molar-refractivity contribution in [1.29, 1.82) is 0 Å². The van der Waals surface area contributed by atoms with Gasteiger partial charge in [-0.1, -0.05) is 23.2 Å². The van der Waals surface area contributed by atoms with Gasteiger partial charge < -0.3 is 15.0 Å². The number of aliphatic imine (C=N–C) groups is 1. The van der Waals surface area contributed by atoms with E-state index in [-0.39, 0.29) is 0 Å². The molecule has 0 aliphatic carbocycles. The number of nitrogens with zero attached hydrogens (tertiary/aromatic N) is 2. The highest BCUT2D eigenvalue weighted by atomic mass is 35.5. The summed E-state index contributed by atoms with van der Waals surface area (Å²) in [5.74, 6) is 2.37. The summed E-state index contributed by atoms with van der Waals surface area (Å²) in [6, 6.07) is 5.69. The van der Waals surface area contributed by atoms with Gasteiger partial charge in [-0.15, -0.1) is 0 Å². The van der Waals surface area contributed by atoms with Crippen LogP contribution in [0, 0.1) is 11.8 Å². The average Bonchev–Trinajstić information content (AvgIpc) is 3.22. The molecule has 130 valence electrons.